The van der Waals surface area contributed by atoms with E-state index >= 15 is 0 Å². The maximum absolute atomic E-state index is 5.85. The number of methoxy groups -OCH3 is 1. The molecule has 33 heavy (non-hydrogen) atoms. The number of ether oxygens (including phenoxy) is 1. The fourth-order valence-electron chi connectivity index (χ4n) is 4.66. The number of benzene rings is 1. The Kier molecular flexibility index (Phi) is 5.56. The lowest BCUT2D eigenvalue weighted by Gasteiger charge is -2.28. The third-order valence-electron chi connectivity index (χ3n) is 6.14. The van der Waals surface area contributed by atoms with Gasteiger partial charge >= 0.3 is 0 Å². The van der Waals surface area contributed by atoms with E-state index < -0.39 is 0 Å². The molecular weight excluding hydrogens is 430 g/mol. The highest BCUT2D eigenvalue weighted by molar-refractivity contribution is 7.80. The Labute approximate surface area is 198 Å². The van der Waals surface area contributed by atoms with E-state index in [0.29, 0.717) is 5.11 Å². The van der Waals surface area contributed by atoms with Crippen LogP contribution in [-0.4, -0.2) is 26.8 Å². The predicted molar refractivity (Wildman–Crippen MR) is 134 cm³/mol. The molecule has 0 saturated carbocycles. The van der Waals surface area contributed by atoms with Gasteiger partial charge in [0, 0.05) is 29.5 Å². The highest BCUT2D eigenvalue weighted by Gasteiger charge is 2.42. The van der Waals surface area contributed by atoms with E-state index in [-0.39, 0.29) is 12.1 Å². The van der Waals surface area contributed by atoms with Gasteiger partial charge in [-0.05, 0) is 86.2 Å². The second kappa shape index (κ2) is 8.67. The van der Waals surface area contributed by atoms with E-state index in [9.17, 15) is 0 Å². The number of aromatic nitrogens is 3. The van der Waals surface area contributed by atoms with E-state index in [2.05, 4.69) is 50.7 Å². The van der Waals surface area contributed by atoms with Gasteiger partial charge in [0.15, 0.2) is 5.11 Å². The lowest BCUT2D eigenvalue weighted by atomic mass is 9.96. The normalized spacial score (nSPS) is 17.8. The molecule has 5 rings (SSSR count). The summed E-state index contributed by atoms with van der Waals surface area (Å²) >= 11 is 5.85. The molecule has 1 fully saturated rings. The number of pyridine rings is 2. The van der Waals surface area contributed by atoms with Crippen molar-refractivity contribution in [2.24, 2.45) is 0 Å². The van der Waals surface area contributed by atoms with Crippen molar-refractivity contribution in [3.63, 3.8) is 0 Å². The van der Waals surface area contributed by atoms with Crippen LogP contribution in [0.25, 0.3) is 5.69 Å². The zero-order valence-electron chi connectivity index (χ0n) is 18.8. The van der Waals surface area contributed by atoms with Crippen LogP contribution in [-0.2, 0) is 0 Å². The van der Waals surface area contributed by atoms with E-state index in [1.807, 2.05) is 60.9 Å². The summed E-state index contributed by atoms with van der Waals surface area (Å²) in [4.78, 5) is 11.2. The number of aryl methyl sites for hydroxylation is 1. The highest BCUT2D eigenvalue weighted by Crippen LogP contribution is 2.43. The maximum Gasteiger partial charge on any atom is 0.174 e. The summed E-state index contributed by atoms with van der Waals surface area (Å²) in [5.41, 5.74) is 6.47. The van der Waals surface area contributed by atoms with Crippen molar-refractivity contribution in [2.45, 2.75) is 25.9 Å². The first-order chi connectivity index (χ1) is 16.1. The molecular formula is C26H25N5OS. The van der Waals surface area contributed by atoms with Crippen LogP contribution in [0.5, 0.6) is 5.75 Å². The summed E-state index contributed by atoms with van der Waals surface area (Å²) in [6.45, 7) is 4.27. The quantitative estimate of drug-likeness (QED) is 0.424. The minimum absolute atomic E-state index is 0.0718. The minimum Gasteiger partial charge on any atom is -0.497 e. The summed E-state index contributed by atoms with van der Waals surface area (Å²) < 4.78 is 7.60. The van der Waals surface area contributed by atoms with Crippen LogP contribution >= 0.6 is 12.2 Å². The fraction of sp³-hybridized carbons (Fsp3) is 0.192. The first-order valence-electron chi connectivity index (χ1n) is 10.8. The monoisotopic (exact) mass is 455 g/mol. The summed E-state index contributed by atoms with van der Waals surface area (Å²) in [5.74, 6) is 0.810. The molecule has 2 unspecified atom stereocenters. The van der Waals surface area contributed by atoms with Crippen LogP contribution in [0.15, 0.2) is 79.3 Å². The second-order valence-electron chi connectivity index (χ2n) is 8.07. The Bertz CT molecular complexity index is 1270. The van der Waals surface area contributed by atoms with Crippen molar-refractivity contribution in [1.29, 1.82) is 0 Å². The molecule has 1 N–H and O–H groups in total. The second-order valence-corrected chi connectivity index (χ2v) is 8.45. The Morgan fingerprint density at radius 2 is 1.79 bits per heavy atom. The lowest BCUT2D eigenvalue weighted by molar-refractivity contribution is 0.415. The van der Waals surface area contributed by atoms with Gasteiger partial charge in [-0.2, -0.15) is 0 Å². The van der Waals surface area contributed by atoms with Crippen molar-refractivity contribution in [3.05, 3.63) is 102 Å². The van der Waals surface area contributed by atoms with Crippen molar-refractivity contribution in [3.8, 4) is 11.4 Å². The number of nitrogens with zero attached hydrogens (tertiary/aromatic N) is 4. The molecule has 0 aliphatic carbocycles. The molecule has 0 radical (unpaired) electrons. The van der Waals surface area contributed by atoms with Gasteiger partial charge in [-0.25, -0.2) is 0 Å². The van der Waals surface area contributed by atoms with Crippen molar-refractivity contribution >= 4 is 23.0 Å². The van der Waals surface area contributed by atoms with Gasteiger partial charge in [-0.3, -0.25) is 9.97 Å². The van der Waals surface area contributed by atoms with Crippen molar-refractivity contribution in [2.75, 3.05) is 12.0 Å². The van der Waals surface area contributed by atoms with Gasteiger partial charge < -0.3 is 19.5 Å². The Morgan fingerprint density at radius 1 is 0.970 bits per heavy atom. The molecule has 2 atom stereocenters. The molecule has 1 aliphatic heterocycles. The largest absolute Gasteiger partial charge is 0.497 e. The third kappa shape index (κ3) is 3.74. The standard InChI is InChI=1S/C26H25N5OS/c1-17-15-22(18(2)30(17)20-7-6-13-27-16-20)25-24(23-8-4-5-14-28-23)29-26(33)31(25)19-9-11-21(32-3)12-10-19/h4-16,24-25H,1-3H3,(H,29,33). The van der Waals surface area contributed by atoms with E-state index in [1.165, 1.54) is 5.56 Å². The summed E-state index contributed by atoms with van der Waals surface area (Å²) in [7, 11) is 1.67. The molecule has 4 aromatic rings. The van der Waals surface area contributed by atoms with Gasteiger partial charge in [0.05, 0.1) is 36.8 Å². The first-order valence-corrected chi connectivity index (χ1v) is 11.2. The average Bonchev–Trinajstić information content (AvgIpc) is 3.35. The van der Waals surface area contributed by atoms with Crippen LogP contribution in [0.3, 0.4) is 0 Å². The molecule has 1 saturated heterocycles. The van der Waals surface area contributed by atoms with Crippen LogP contribution in [0.2, 0.25) is 0 Å². The Balaban J connectivity index is 1.66. The summed E-state index contributed by atoms with van der Waals surface area (Å²) in [5, 5.41) is 4.21. The number of anilines is 1. The Morgan fingerprint density at radius 3 is 2.45 bits per heavy atom. The molecule has 0 amide bonds. The number of nitrogens with one attached hydrogen (secondary N) is 1. The van der Waals surface area contributed by atoms with Gasteiger partial charge in [-0.1, -0.05) is 6.07 Å². The number of thiocarbonyl (C=S) groups is 1. The van der Waals surface area contributed by atoms with Gasteiger partial charge in [0.2, 0.25) is 0 Å². The molecule has 0 spiro atoms. The van der Waals surface area contributed by atoms with E-state index in [4.69, 9.17) is 17.0 Å². The van der Waals surface area contributed by atoms with E-state index in [1.54, 1.807) is 13.3 Å². The molecule has 1 aromatic carbocycles. The Hall–Kier alpha value is -3.71. The SMILES string of the molecule is COc1ccc(N2C(=S)NC(c3ccccn3)C2c2cc(C)n(-c3cccnc3)c2C)cc1. The number of rotatable bonds is 5. The number of hydrogen-bond acceptors (Lipinski definition) is 4. The first kappa shape index (κ1) is 21.2. The molecule has 4 heterocycles. The van der Waals surface area contributed by atoms with Crippen molar-refractivity contribution in [1.82, 2.24) is 19.9 Å². The van der Waals surface area contributed by atoms with Gasteiger partial charge in [-0.15, -0.1) is 0 Å². The third-order valence-corrected chi connectivity index (χ3v) is 6.46. The topological polar surface area (TPSA) is 55.2 Å². The maximum atomic E-state index is 5.85. The molecule has 6 nitrogen and oxygen atoms in total. The van der Waals surface area contributed by atoms with Gasteiger partial charge in [0.25, 0.3) is 0 Å². The molecule has 166 valence electrons. The number of hydrogen-bond donors (Lipinski definition) is 1. The van der Waals surface area contributed by atoms with E-state index in [0.717, 1.165) is 34.2 Å². The highest BCUT2D eigenvalue weighted by atomic mass is 32.1. The van der Waals surface area contributed by atoms with Crippen LogP contribution in [0, 0.1) is 13.8 Å². The molecule has 7 heteroatoms. The zero-order chi connectivity index (χ0) is 22.9. The smallest absolute Gasteiger partial charge is 0.174 e. The summed E-state index contributed by atoms with van der Waals surface area (Å²) in [6.07, 6.45) is 5.51. The zero-order valence-corrected chi connectivity index (χ0v) is 19.6. The molecule has 0 bridgehead atoms. The summed E-state index contributed by atoms with van der Waals surface area (Å²) in [6, 6.07) is 20.1. The van der Waals surface area contributed by atoms with Crippen molar-refractivity contribution < 1.29 is 4.74 Å². The lowest BCUT2D eigenvalue weighted by Crippen LogP contribution is -2.29. The molecule has 3 aromatic heterocycles. The minimum atomic E-state index is -0.0938. The van der Waals surface area contributed by atoms with Gasteiger partial charge in [0.1, 0.15) is 5.75 Å². The molecule has 1 aliphatic rings. The van der Waals surface area contributed by atoms with Crippen LogP contribution in [0.1, 0.15) is 34.7 Å². The van der Waals surface area contributed by atoms with Crippen LogP contribution < -0.4 is 15.0 Å². The average molecular weight is 456 g/mol. The fourth-order valence-corrected chi connectivity index (χ4v) is 5.01. The van der Waals surface area contributed by atoms with Crippen LogP contribution in [0.4, 0.5) is 5.69 Å². The predicted octanol–water partition coefficient (Wildman–Crippen LogP) is 5.07.